The van der Waals surface area contributed by atoms with Crippen molar-refractivity contribution in [2.45, 2.75) is 22.4 Å². The van der Waals surface area contributed by atoms with Crippen molar-refractivity contribution >= 4 is 0 Å². The Kier molecular flexibility index (Phi) is 4.14. The predicted molar refractivity (Wildman–Crippen MR) is 34.8 cm³/mol. The standard InChI is InChI=1S/C6H12IO5/c1-11-5-3(2-8)12-7-6(10)4(5)9/h3-6,8-10H,2H2,1H3/q-1/t3?,4?,5-,6-/m0/s1. The van der Waals surface area contributed by atoms with Crippen molar-refractivity contribution < 1.29 is 44.7 Å². The number of alkyl halides is 1. The van der Waals surface area contributed by atoms with E-state index in [2.05, 4.69) is 0 Å². The summed E-state index contributed by atoms with van der Waals surface area (Å²) < 4.78 is 9.22. The van der Waals surface area contributed by atoms with Gasteiger partial charge in [0.25, 0.3) is 0 Å². The van der Waals surface area contributed by atoms with Crippen molar-refractivity contribution in [3.05, 3.63) is 0 Å². The quantitative estimate of drug-likeness (QED) is 0.351. The Morgan fingerprint density at radius 3 is 2.67 bits per heavy atom. The summed E-state index contributed by atoms with van der Waals surface area (Å²) in [4.78, 5) is 0. The van der Waals surface area contributed by atoms with Crippen LogP contribution in [0.3, 0.4) is 0 Å². The van der Waals surface area contributed by atoms with Crippen molar-refractivity contribution in [3.63, 3.8) is 0 Å². The van der Waals surface area contributed by atoms with Crippen LogP contribution in [-0.2, 0) is 7.80 Å². The number of rotatable bonds is 2. The van der Waals surface area contributed by atoms with Crippen molar-refractivity contribution in [3.8, 4) is 0 Å². The Hall–Kier alpha value is 0.530. The Bertz CT molecular complexity index is 142. The average Bonchev–Trinajstić information content (AvgIpc) is 2.09. The molecule has 3 N–H and O–H groups in total. The molecule has 0 aromatic heterocycles. The van der Waals surface area contributed by atoms with Gasteiger partial charge in [-0.2, -0.15) is 0 Å². The fourth-order valence-corrected chi connectivity index (χ4v) is 2.86. The third-order valence-electron chi connectivity index (χ3n) is 1.69. The van der Waals surface area contributed by atoms with Crippen LogP contribution in [0.1, 0.15) is 0 Å². The van der Waals surface area contributed by atoms with E-state index in [0.717, 1.165) is 0 Å². The molecule has 0 bridgehead atoms. The van der Waals surface area contributed by atoms with Gasteiger partial charge in [-0.1, -0.05) is 0 Å². The van der Waals surface area contributed by atoms with Crippen molar-refractivity contribution in [1.29, 1.82) is 0 Å². The van der Waals surface area contributed by atoms with Gasteiger partial charge in [-0.05, 0) is 0 Å². The van der Waals surface area contributed by atoms with E-state index >= 15 is 0 Å². The molecule has 4 atom stereocenters. The molecule has 6 heteroatoms. The molecule has 0 spiro atoms. The van der Waals surface area contributed by atoms with E-state index in [9.17, 15) is 10.2 Å². The van der Waals surface area contributed by atoms with Gasteiger partial charge < -0.3 is 0 Å². The number of methoxy groups -OCH3 is 1. The van der Waals surface area contributed by atoms with Crippen molar-refractivity contribution in [1.82, 2.24) is 0 Å². The Morgan fingerprint density at radius 1 is 1.50 bits per heavy atom. The van der Waals surface area contributed by atoms with Crippen LogP contribution < -0.4 is 21.6 Å². The fraction of sp³-hybridized carbons (Fsp3) is 1.00. The SMILES string of the molecule is CO[C@H]1C(CO)O[I-][C@@H](O)C1O. The van der Waals surface area contributed by atoms with Crippen LogP contribution in [0.15, 0.2) is 0 Å². The van der Waals surface area contributed by atoms with Crippen LogP contribution in [0, 0.1) is 0 Å². The topological polar surface area (TPSA) is 79.2 Å². The van der Waals surface area contributed by atoms with Crippen LogP contribution in [0.4, 0.5) is 0 Å². The summed E-state index contributed by atoms with van der Waals surface area (Å²) in [5.74, 6) is 0. The number of ether oxygens (including phenoxy) is 1. The molecular weight excluding hydrogens is 279 g/mol. The average molecular weight is 291 g/mol. The summed E-state index contributed by atoms with van der Waals surface area (Å²) in [5, 5.41) is 27.4. The third-order valence-corrected chi connectivity index (χ3v) is 3.90. The maximum atomic E-state index is 9.40. The van der Waals surface area contributed by atoms with Crippen molar-refractivity contribution in [2.75, 3.05) is 13.7 Å². The number of hydrogen-bond donors (Lipinski definition) is 3. The maximum absolute atomic E-state index is 9.40. The van der Waals surface area contributed by atoms with Crippen LogP contribution in [0.2, 0.25) is 0 Å². The van der Waals surface area contributed by atoms with Gasteiger partial charge in [0.15, 0.2) is 0 Å². The minimum atomic E-state index is -0.936. The Balaban J connectivity index is 2.58. The summed E-state index contributed by atoms with van der Waals surface area (Å²) in [5.41, 5.74) is 0. The molecule has 5 nitrogen and oxygen atoms in total. The van der Waals surface area contributed by atoms with Crippen LogP contribution >= 0.6 is 0 Å². The van der Waals surface area contributed by atoms with Crippen LogP contribution in [-0.4, -0.2) is 51.5 Å². The molecule has 0 aromatic rings. The van der Waals surface area contributed by atoms with E-state index in [1.54, 1.807) is 0 Å². The zero-order chi connectivity index (χ0) is 9.14. The van der Waals surface area contributed by atoms with E-state index in [1.165, 1.54) is 7.11 Å². The molecule has 1 fully saturated rings. The van der Waals surface area contributed by atoms with Gasteiger partial charge in [0.05, 0.1) is 0 Å². The third kappa shape index (κ3) is 2.06. The predicted octanol–water partition coefficient (Wildman–Crippen LogP) is -4.92. The van der Waals surface area contributed by atoms with Gasteiger partial charge >= 0.3 is 80.9 Å². The fourth-order valence-electron chi connectivity index (χ4n) is 1.02. The molecule has 1 saturated heterocycles. The van der Waals surface area contributed by atoms with E-state index in [-0.39, 0.29) is 6.61 Å². The van der Waals surface area contributed by atoms with Crippen LogP contribution in [0.5, 0.6) is 0 Å². The number of hydrogen-bond acceptors (Lipinski definition) is 5. The van der Waals surface area contributed by atoms with E-state index in [1.807, 2.05) is 0 Å². The second kappa shape index (κ2) is 4.68. The Labute approximate surface area is 81.1 Å². The van der Waals surface area contributed by atoms with Crippen molar-refractivity contribution in [2.24, 2.45) is 0 Å². The van der Waals surface area contributed by atoms with Gasteiger partial charge in [-0.25, -0.2) is 0 Å². The van der Waals surface area contributed by atoms with E-state index < -0.39 is 44.0 Å². The van der Waals surface area contributed by atoms with Crippen LogP contribution in [0.25, 0.3) is 0 Å². The zero-order valence-electron chi connectivity index (χ0n) is 6.55. The first kappa shape index (κ1) is 10.6. The molecule has 0 radical (unpaired) electrons. The Morgan fingerprint density at radius 2 is 2.17 bits per heavy atom. The normalized spacial score (nSPS) is 43.7. The second-order valence-corrected chi connectivity index (χ2v) is 4.76. The minimum absolute atomic E-state index is 0.192. The number of aliphatic hydroxyl groups is 3. The van der Waals surface area contributed by atoms with E-state index in [4.69, 9.17) is 12.9 Å². The molecule has 0 saturated carbocycles. The molecular formula is C6H12IO5-. The molecule has 1 rings (SSSR count). The molecule has 12 heavy (non-hydrogen) atoms. The second-order valence-electron chi connectivity index (χ2n) is 2.46. The number of halogens is 1. The molecule has 0 aliphatic carbocycles. The molecule has 1 aliphatic rings. The van der Waals surface area contributed by atoms with Gasteiger partial charge in [0.1, 0.15) is 0 Å². The summed E-state index contributed by atoms with van der Waals surface area (Å²) in [7, 11) is 1.41. The first-order valence-electron chi connectivity index (χ1n) is 3.49. The molecule has 2 unspecified atom stereocenters. The zero-order valence-corrected chi connectivity index (χ0v) is 8.71. The molecule has 0 aromatic carbocycles. The first-order chi connectivity index (χ1) is 5.70. The summed E-state index contributed by atoms with van der Waals surface area (Å²) in [6.07, 6.45) is -2.06. The summed E-state index contributed by atoms with van der Waals surface area (Å²) >= 11 is -0.903. The summed E-state index contributed by atoms with van der Waals surface area (Å²) in [6.45, 7) is -0.192. The molecule has 1 heterocycles. The molecule has 74 valence electrons. The molecule has 0 amide bonds. The molecule has 1 aliphatic heterocycles. The van der Waals surface area contributed by atoms with Gasteiger partial charge in [0.2, 0.25) is 0 Å². The summed E-state index contributed by atoms with van der Waals surface area (Å²) in [6, 6.07) is 0. The van der Waals surface area contributed by atoms with Gasteiger partial charge in [-0.15, -0.1) is 0 Å². The number of aliphatic hydroxyl groups excluding tert-OH is 3. The first-order valence-corrected chi connectivity index (χ1v) is 5.62. The van der Waals surface area contributed by atoms with E-state index in [0.29, 0.717) is 0 Å². The van der Waals surface area contributed by atoms with Gasteiger partial charge in [0, 0.05) is 0 Å². The van der Waals surface area contributed by atoms with Gasteiger partial charge in [-0.3, -0.25) is 0 Å². The monoisotopic (exact) mass is 291 g/mol.